The highest BCUT2D eigenvalue weighted by molar-refractivity contribution is 8.00. The van der Waals surface area contributed by atoms with Crippen molar-refractivity contribution in [3.8, 4) is 6.07 Å². The molecule has 0 aliphatic carbocycles. The van der Waals surface area contributed by atoms with Crippen molar-refractivity contribution >= 4 is 35.0 Å². The molecule has 0 radical (unpaired) electrons. The number of anilines is 1. The van der Waals surface area contributed by atoms with E-state index in [4.69, 9.17) is 11.6 Å². The number of halogens is 1. The number of amides is 1. The Bertz CT molecular complexity index is 799. The maximum absolute atomic E-state index is 12.1. The number of thioether (sulfide) groups is 1. The molecule has 0 saturated heterocycles. The van der Waals surface area contributed by atoms with Crippen LogP contribution in [0.3, 0.4) is 0 Å². The summed E-state index contributed by atoms with van der Waals surface area (Å²) < 4.78 is 0. The van der Waals surface area contributed by atoms with Crippen LogP contribution in [0, 0.1) is 32.1 Å². The molecule has 1 aromatic carbocycles. The van der Waals surface area contributed by atoms with Gasteiger partial charge in [0.25, 0.3) is 0 Å². The Hall–Kier alpha value is -2.03. The van der Waals surface area contributed by atoms with E-state index in [9.17, 15) is 10.1 Å². The second-order valence-electron chi connectivity index (χ2n) is 5.17. The van der Waals surface area contributed by atoms with Crippen LogP contribution in [-0.2, 0) is 4.79 Å². The normalized spacial score (nSPS) is 10.2. The number of nitriles is 1. The van der Waals surface area contributed by atoms with Gasteiger partial charge in [-0.15, -0.1) is 0 Å². The first-order valence-corrected chi connectivity index (χ1v) is 8.34. The molecule has 6 heteroatoms. The fourth-order valence-corrected chi connectivity index (χ4v) is 3.12. The van der Waals surface area contributed by atoms with Crippen molar-refractivity contribution < 1.29 is 4.79 Å². The number of nitrogens with one attached hydrogen (secondary N) is 1. The summed E-state index contributed by atoms with van der Waals surface area (Å²) in [5, 5.41) is 13.2. The number of carbonyl (C=O) groups is 1. The summed E-state index contributed by atoms with van der Waals surface area (Å²) in [5.41, 5.74) is 3.83. The molecule has 118 valence electrons. The van der Waals surface area contributed by atoms with Crippen molar-refractivity contribution in [3.63, 3.8) is 0 Å². The average Bonchev–Trinajstić information content (AvgIpc) is 2.48. The Balaban J connectivity index is 2.05. The molecular formula is C17H16ClN3OS. The molecule has 1 aromatic heterocycles. The van der Waals surface area contributed by atoms with Gasteiger partial charge in [0.05, 0.1) is 11.3 Å². The molecule has 0 fully saturated rings. The predicted molar refractivity (Wildman–Crippen MR) is 94.0 cm³/mol. The number of aromatic nitrogens is 1. The van der Waals surface area contributed by atoms with E-state index >= 15 is 0 Å². The number of rotatable bonds is 4. The molecule has 0 spiro atoms. The maximum Gasteiger partial charge on any atom is 0.234 e. The van der Waals surface area contributed by atoms with Crippen LogP contribution in [0.5, 0.6) is 0 Å². The van der Waals surface area contributed by atoms with Gasteiger partial charge in [0.1, 0.15) is 11.1 Å². The highest BCUT2D eigenvalue weighted by Crippen LogP contribution is 2.24. The number of benzene rings is 1. The van der Waals surface area contributed by atoms with Crippen LogP contribution in [0.4, 0.5) is 5.69 Å². The summed E-state index contributed by atoms with van der Waals surface area (Å²) >= 11 is 7.30. The van der Waals surface area contributed by atoms with Crippen molar-refractivity contribution in [1.82, 2.24) is 4.98 Å². The SMILES string of the molecule is Cc1cc(C)c(C#N)c(SCC(=O)Nc2ccc(C)c(Cl)c2)n1. The molecule has 1 amide bonds. The summed E-state index contributed by atoms with van der Waals surface area (Å²) in [6, 6.07) is 9.38. The Morgan fingerprint density at radius 1 is 1.30 bits per heavy atom. The summed E-state index contributed by atoms with van der Waals surface area (Å²) in [7, 11) is 0. The zero-order valence-electron chi connectivity index (χ0n) is 13.1. The number of nitrogens with zero attached hydrogens (tertiary/aromatic N) is 2. The minimum Gasteiger partial charge on any atom is -0.325 e. The van der Waals surface area contributed by atoms with Gasteiger partial charge in [-0.2, -0.15) is 5.26 Å². The minimum atomic E-state index is -0.167. The molecule has 0 unspecified atom stereocenters. The summed E-state index contributed by atoms with van der Waals surface area (Å²) in [4.78, 5) is 16.4. The van der Waals surface area contributed by atoms with Gasteiger partial charge in [0.15, 0.2) is 0 Å². The van der Waals surface area contributed by atoms with Gasteiger partial charge >= 0.3 is 0 Å². The quantitative estimate of drug-likeness (QED) is 0.841. The third-order valence-electron chi connectivity index (χ3n) is 3.22. The van der Waals surface area contributed by atoms with Gasteiger partial charge in [0.2, 0.25) is 5.91 Å². The highest BCUT2D eigenvalue weighted by Gasteiger charge is 2.12. The second kappa shape index (κ2) is 7.49. The van der Waals surface area contributed by atoms with E-state index in [0.29, 0.717) is 21.3 Å². The first-order valence-electron chi connectivity index (χ1n) is 6.98. The first kappa shape index (κ1) is 17.3. The second-order valence-corrected chi connectivity index (χ2v) is 6.54. The predicted octanol–water partition coefficient (Wildman–Crippen LogP) is 4.26. The maximum atomic E-state index is 12.1. The molecule has 0 aliphatic heterocycles. The van der Waals surface area contributed by atoms with Crippen LogP contribution in [0.1, 0.15) is 22.4 Å². The monoisotopic (exact) mass is 345 g/mol. The van der Waals surface area contributed by atoms with E-state index < -0.39 is 0 Å². The third-order valence-corrected chi connectivity index (χ3v) is 4.60. The lowest BCUT2D eigenvalue weighted by atomic mass is 10.1. The fourth-order valence-electron chi connectivity index (χ4n) is 2.04. The third kappa shape index (κ3) is 4.47. The molecule has 2 aromatic rings. The number of aryl methyl sites for hydroxylation is 3. The van der Waals surface area contributed by atoms with Crippen molar-refractivity contribution in [3.05, 3.63) is 51.7 Å². The van der Waals surface area contributed by atoms with E-state index in [1.54, 1.807) is 12.1 Å². The van der Waals surface area contributed by atoms with Crippen molar-refractivity contribution in [2.75, 3.05) is 11.1 Å². The van der Waals surface area contributed by atoms with Gasteiger partial charge in [-0.1, -0.05) is 29.4 Å². The van der Waals surface area contributed by atoms with Crippen LogP contribution in [0.15, 0.2) is 29.3 Å². The van der Waals surface area contributed by atoms with Gasteiger partial charge < -0.3 is 5.32 Å². The van der Waals surface area contributed by atoms with Gasteiger partial charge in [-0.3, -0.25) is 4.79 Å². The largest absolute Gasteiger partial charge is 0.325 e. The molecule has 1 heterocycles. The van der Waals surface area contributed by atoms with Crippen LogP contribution >= 0.6 is 23.4 Å². The standard InChI is InChI=1S/C17H16ClN3OS/c1-10-4-5-13(7-15(10)18)21-16(22)9-23-17-14(8-19)11(2)6-12(3)20-17/h4-7H,9H2,1-3H3,(H,21,22). The van der Waals surface area contributed by atoms with E-state index in [1.807, 2.05) is 32.9 Å². The number of hydrogen-bond donors (Lipinski definition) is 1. The topological polar surface area (TPSA) is 65.8 Å². The zero-order valence-corrected chi connectivity index (χ0v) is 14.7. The van der Waals surface area contributed by atoms with Gasteiger partial charge in [0, 0.05) is 16.4 Å². The fraction of sp³-hybridized carbons (Fsp3) is 0.235. The summed E-state index contributed by atoms with van der Waals surface area (Å²) in [6.45, 7) is 5.64. The number of hydrogen-bond acceptors (Lipinski definition) is 4. The molecule has 0 saturated carbocycles. The zero-order chi connectivity index (χ0) is 17.0. The molecular weight excluding hydrogens is 330 g/mol. The Morgan fingerprint density at radius 2 is 2.04 bits per heavy atom. The molecule has 1 N–H and O–H groups in total. The highest BCUT2D eigenvalue weighted by atomic mass is 35.5. The molecule has 4 nitrogen and oxygen atoms in total. The Kier molecular flexibility index (Phi) is 5.64. The van der Waals surface area contributed by atoms with Crippen LogP contribution in [0.2, 0.25) is 5.02 Å². The van der Waals surface area contributed by atoms with E-state index in [-0.39, 0.29) is 11.7 Å². The minimum absolute atomic E-state index is 0.167. The first-order chi connectivity index (χ1) is 10.9. The average molecular weight is 346 g/mol. The van der Waals surface area contributed by atoms with E-state index in [0.717, 1.165) is 16.8 Å². The number of carbonyl (C=O) groups excluding carboxylic acids is 1. The smallest absolute Gasteiger partial charge is 0.234 e. The lowest BCUT2D eigenvalue weighted by molar-refractivity contribution is -0.113. The van der Waals surface area contributed by atoms with Crippen LogP contribution in [0.25, 0.3) is 0 Å². The van der Waals surface area contributed by atoms with Crippen LogP contribution in [-0.4, -0.2) is 16.6 Å². The summed E-state index contributed by atoms with van der Waals surface area (Å²) in [6.07, 6.45) is 0. The van der Waals surface area contributed by atoms with Crippen molar-refractivity contribution in [1.29, 1.82) is 5.26 Å². The molecule has 2 rings (SSSR count). The molecule has 0 bridgehead atoms. The molecule has 23 heavy (non-hydrogen) atoms. The van der Waals surface area contributed by atoms with Crippen molar-refractivity contribution in [2.24, 2.45) is 0 Å². The van der Waals surface area contributed by atoms with Crippen molar-refractivity contribution in [2.45, 2.75) is 25.8 Å². The number of pyridine rings is 1. The molecule has 0 atom stereocenters. The molecule has 0 aliphatic rings. The lowest BCUT2D eigenvalue weighted by Gasteiger charge is -2.09. The van der Waals surface area contributed by atoms with E-state index in [2.05, 4.69) is 16.4 Å². The van der Waals surface area contributed by atoms with Crippen LogP contribution < -0.4 is 5.32 Å². The summed E-state index contributed by atoms with van der Waals surface area (Å²) in [5.74, 6) is 0.00977. The van der Waals surface area contributed by atoms with Gasteiger partial charge in [-0.05, 0) is 50.1 Å². The van der Waals surface area contributed by atoms with Gasteiger partial charge in [-0.25, -0.2) is 4.98 Å². The van der Waals surface area contributed by atoms with E-state index in [1.165, 1.54) is 11.8 Å². The Morgan fingerprint density at radius 3 is 2.70 bits per heavy atom. The lowest BCUT2D eigenvalue weighted by Crippen LogP contribution is -2.14. The Labute approximate surface area is 144 Å².